The summed E-state index contributed by atoms with van der Waals surface area (Å²) in [7, 11) is 0. The molecule has 28 heavy (non-hydrogen) atoms. The van der Waals surface area contributed by atoms with Crippen molar-refractivity contribution >= 4 is 11.9 Å². The lowest BCUT2D eigenvalue weighted by atomic mass is 10.1. The molecule has 0 spiro atoms. The molecular weight excluding hydrogens is 352 g/mol. The highest BCUT2D eigenvalue weighted by Gasteiger charge is 2.07. The zero-order valence-electron chi connectivity index (χ0n) is 15.6. The van der Waals surface area contributed by atoms with Gasteiger partial charge in [-0.15, -0.1) is 12.8 Å². The van der Waals surface area contributed by atoms with Crippen LogP contribution in [-0.4, -0.2) is 25.2 Å². The summed E-state index contributed by atoms with van der Waals surface area (Å²) in [5.74, 6) is 4.29. The van der Waals surface area contributed by atoms with Gasteiger partial charge in [0.15, 0.2) is 0 Å². The Kier molecular flexibility index (Phi) is 8.37. The van der Waals surface area contributed by atoms with Gasteiger partial charge in [0.25, 0.3) is 0 Å². The third kappa shape index (κ3) is 6.67. The molecule has 4 heteroatoms. The summed E-state index contributed by atoms with van der Waals surface area (Å²) >= 11 is 0. The fourth-order valence-corrected chi connectivity index (χ4v) is 2.46. The van der Waals surface area contributed by atoms with Crippen molar-refractivity contribution in [1.82, 2.24) is 0 Å². The van der Waals surface area contributed by atoms with Crippen LogP contribution in [0.1, 0.15) is 57.5 Å². The number of carbonyl (C=O) groups is 2. The molecule has 2 rings (SSSR count). The molecule has 0 heterocycles. The lowest BCUT2D eigenvalue weighted by Gasteiger charge is -2.06. The summed E-state index contributed by atoms with van der Waals surface area (Å²) in [5.41, 5.74) is 2.42. The summed E-state index contributed by atoms with van der Waals surface area (Å²) in [6.07, 6.45) is 13.9. The van der Waals surface area contributed by atoms with Gasteiger partial charge in [-0.2, -0.15) is 0 Å². The lowest BCUT2D eigenvalue weighted by molar-refractivity contribution is 0.0473. The molecular formula is C24H22O4. The number of terminal acetylenes is 2. The SMILES string of the molecule is C#Cc1ccc(C(=O)OCCCCCCOC(=O)c2ccc(C#C)cc2)cc1. The Hall–Kier alpha value is -3.50. The first kappa shape index (κ1) is 20.8. The molecule has 0 amide bonds. The van der Waals surface area contributed by atoms with E-state index in [0.717, 1.165) is 36.8 Å². The number of hydrogen-bond donors (Lipinski definition) is 0. The second-order valence-electron chi connectivity index (χ2n) is 6.13. The van der Waals surface area contributed by atoms with Crippen LogP contribution in [0.15, 0.2) is 48.5 Å². The molecule has 0 aliphatic carbocycles. The molecule has 0 bridgehead atoms. The second-order valence-corrected chi connectivity index (χ2v) is 6.13. The van der Waals surface area contributed by atoms with Crippen LogP contribution in [0.5, 0.6) is 0 Å². The van der Waals surface area contributed by atoms with E-state index in [2.05, 4.69) is 11.8 Å². The average molecular weight is 374 g/mol. The van der Waals surface area contributed by atoms with Crippen molar-refractivity contribution in [1.29, 1.82) is 0 Å². The molecule has 142 valence electrons. The summed E-state index contributed by atoms with van der Waals surface area (Å²) in [5, 5.41) is 0. The maximum absolute atomic E-state index is 11.9. The topological polar surface area (TPSA) is 52.6 Å². The lowest BCUT2D eigenvalue weighted by Crippen LogP contribution is -2.07. The zero-order chi connectivity index (χ0) is 20.2. The number of unbranched alkanes of at least 4 members (excludes halogenated alkanes) is 3. The molecule has 0 aliphatic rings. The Morgan fingerprint density at radius 2 is 1.00 bits per heavy atom. The molecule has 2 aromatic rings. The third-order valence-corrected chi connectivity index (χ3v) is 4.08. The normalized spacial score (nSPS) is 9.79. The van der Waals surface area contributed by atoms with Gasteiger partial charge in [0.2, 0.25) is 0 Å². The summed E-state index contributed by atoms with van der Waals surface area (Å²) in [6, 6.07) is 13.5. The minimum absolute atomic E-state index is 0.353. The average Bonchev–Trinajstić information content (AvgIpc) is 2.75. The first-order valence-electron chi connectivity index (χ1n) is 9.11. The highest BCUT2D eigenvalue weighted by atomic mass is 16.5. The molecule has 0 aromatic heterocycles. The van der Waals surface area contributed by atoms with Gasteiger partial charge >= 0.3 is 11.9 Å². The molecule has 0 N–H and O–H groups in total. The van der Waals surface area contributed by atoms with Crippen molar-refractivity contribution in [3.05, 3.63) is 70.8 Å². The van der Waals surface area contributed by atoms with E-state index in [0.29, 0.717) is 24.3 Å². The van der Waals surface area contributed by atoms with Crippen LogP contribution in [0, 0.1) is 24.7 Å². The van der Waals surface area contributed by atoms with Crippen molar-refractivity contribution in [2.45, 2.75) is 25.7 Å². The van der Waals surface area contributed by atoms with E-state index < -0.39 is 0 Å². The van der Waals surface area contributed by atoms with Crippen molar-refractivity contribution < 1.29 is 19.1 Å². The smallest absolute Gasteiger partial charge is 0.338 e. The zero-order valence-corrected chi connectivity index (χ0v) is 15.6. The Labute approximate surface area is 165 Å². The van der Waals surface area contributed by atoms with E-state index in [9.17, 15) is 9.59 Å². The summed E-state index contributed by atoms with van der Waals surface area (Å²) in [6.45, 7) is 0.716. The molecule has 4 nitrogen and oxygen atoms in total. The van der Waals surface area contributed by atoms with Gasteiger partial charge in [-0.3, -0.25) is 0 Å². The number of ether oxygens (including phenoxy) is 2. The van der Waals surface area contributed by atoms with Crippen LogP contribution in [0.4, 0.5) is 0 Å². The number of rotatable bonds is 9. The van der Waals surface area contributed by atoms with Crippen LogP contribution < -0.4 is 0 Å². The standard InChI is InChI=1S/C24H22O4/c1-3-19-9-13-21(14-10-19)23(25)27-17-7-5-6-8-18-28-24(26)22-15-11-20(4-2)12-16-22/h1-2,9-16H,5-8,17-18H2. The maximum Gasteiger partial charge on any atom is 0.338 e. The van der Waals surface area contributed by atoms with Crippen molar-refractivity contribution in [3.8, 4) is 24.7 Å². The monoisotopic (exact) mass is 374 g/mol. The van der Waals surface area contributed by atoms with Crippen molar-refractivity contribution in [2.24, 2.45) is 0 Å². The summed E-state index contributed by atoms with van der Waals surface area (Å²) in [4.78, 5) is 23.8. The fourth-order valence-electron chi connectivity index (χ4n) is 2.46. The number of carbonyl (C=O) groups excluding carboxylic acids is 2. The first-order chi connectivity index (χ1) is 13.6. The predicted molar refractivity (Wildman–Crippen MR) is 108 cm³/mol. The van der Waals surface area contributed by atoms with Gasteiger partial charge in [-0.1, -0.05) is 11.8 Å². The Bertz CT molecular complexity index is 789. The van der Waals surface area contributed by atoms with Crippen molar-refractivity contribution in [3.63, 3.8) is 0 Å². The van der Waals surface area contributed by atoms with E-state index in [4.69, 9.17) is 22.3 Å². The van der Waals surface area contributed by atoms with Gasteiger partial charge in [-0.05, 0) is 74.2 Å². The molecule has 0 unspecified atom stereocenters. The highest BCUT2D eigenvalue weighted by Crippen LogP contribution is 2.08. The number of esters is 2. The van der Waals surface area contributed by atoms with Gasteiger partial charge in [0.05, 0.1) is 24.3 Å². The van der Waals surface area contributed by atoms with Gasteiger partial charge in [0, 0.05) is 11.1 Å². The molecule has 0 saturated heterocycles. The van der Waals surface area contributed by atoms with Crippen LogP contribution in [0.3, 0.4) is 0 Å². The van der Waals surface area contributed by atoms with E-state index in [1.807, 2.05) is 0 Å². The Balaban J connectivity index is 1.54. The van der Waals surface area contributed by atoms with Crippen LogP contribution in [0.25, 0.3) is 0 Å². The molecule has 0 aliphatic heterocycles. The third-order valence-electron chi connectivity index (χ3n) is 4.08. The number of hydrogen-bond acceptors (Lipinski definition) is 4. The van der Waals surface area contributed by atoms with E-state index in [-0.39, 0.29) is 11.9 Å². The Morgan fingerprint density at radius 1 is 0.643 bits per heavy atom. The summed E-state index contributed by atoms with van der Waals surface area (Å²) < 4.78 is 10.5. The van der Waals surface area contributed by atoms with E-state index in [1.165, 1.54) is 0 Å². The van der Waals surface area contributed by atoms with Crippen molar-refractivity contribution in [2.75, 3.05) is 13.2 Å². The molecule has 0 radical (unpaired) electrons. The van der Waals surface area contributed by atoms with Gasteiger partial charge in [0.1, 0.15) is 0 Å². The number of benzene rings is 2. The van der Waals surface area contributed by atoms with Crippen LogP contribution >= 0.6 is 0 Å². The van der Waals surface area contributed by atoms with E-state index in [1.54, 1.807) is 48.5 Å². The quantitative estimate of drug-likeness (QED) is 0.375. The second kappa shape index (κ2) is 11.3. The van der Waals surface area contributed by atoms with Crippen LogP contribution in [-0.2, 0) is 9.47 Å². The first-order valence-corrected chi connectivity index (χ1v) is 9.11. The largest absolute Gasteiger partial charge is 0.462 e. The molecule has 0 fully saturated rings. The molecule has 2 aromatic carbocycles. The predicted octanol–water partition coefficient (Wildman–Crippen LogP) is 4.22. The maximum atomic E-state index is 11.9. The van der Waals surface area contributed by atoms with Gasteiger partial charge < -0.3 is 9.47 Å². The van der Waals surface area contributed by atoms with Gasteiger partial charge in [-0.25, -0.2) is 9.59 Å². The molecule has 0 atom stereocenters. The van der Waals surface area contributed by atoms with E-state index >= 15 is 0 Å². The minimum atomic E-state index is -0.353. The highest BCUT2D eigenvalue weighted by molar-refractivity contribution is 5.90. The Morgan fingerprint density at radius 3 is 1.32 bits per heavy atom. The van der Waals surface area contributed by atoms with Crippen LogP contribution in [0.2, 0.25) is 0 Å². The fraction of sp³-hybridized carbons (Fsp3) is 0.250. The molecule has 0 saturated carbocycles. The minimum Gasteiger partial charge on any atom is -0.462 e.